The predicted octanol–water partition coefficient (Wildman–Crippen LogP) is 4.06. The van der Waals surface area contributed by atoms with Crippen molar-refractivity contribution in [3.63, 3.8) is 0 Å². The molecule has 0 aliphatic heterocycles. The Balaban J connectivity index is 2.04. The van der Waals surface area contributed by atoms with E-state index < -0.39 is 0 Å². The summed E-state index contributed by atoms with van der Waals surface area (Å²) in [5, 5.41) is 6.09. The molecule has 0 saturated carbocycles. The molecule has 0 heterocycles. The summed E-state index contributed by atoms with van der Waals surface area (Å²) < 4.78 is 0. The minimum absolute atomic E-state index is 0.0197. The zero-order chi connectivity index (χ0) is 17.5. The van der Waals surface area contributed by atoms with Gasteiger partial charge in [0.1, 0.15) is 0 Å². The molecule has 0 unspecified atom stereocenters. The maximum absolute atomic E-state index is 12.2. The molecule has 0 atom stereocenters. The maximum atomic E-state index is 12.2. The van der Waals surface area contributed by atoms with Gasteiger partial charge in [-0.2, -0.15) is 0 Å². The first kappa shape index (κ1) is 17.7. The predicted molar refractivity (Wildman–Crippen MR) is 98.8 cm³/mol. The average Bonchev–Trinajstić information content (AvgIpc) is 2.59. The van der Waals surface area contributed by atoms with Gasteiger partial charge in [0, 0.05) is 16.9 Å². The number of para-hydroxylation sites is 1. The first-order valence-corrected chi connectivity index (χ1v) is 8.30. The van der Waals surface area contributed by atoms with Gasteiger partial charge in [-0.25, -0.2) is 0 Å². The lowest BCUT2D eigenvalue weighted by molar-refractivity contribution is -0.114. The molecule has 2 aromatic carbocycles. The molecule has 0 spiro atoms. The van der Waals surface area contributed by atoms with Crippen LogP contribution in [0.15, 0.2) is 42.5 Å². The van der Waals surface area contributed by atoms with E-state index in [1.165, 1.54) is 18.1 Å². The monoisotopic (exact) mass is 324 g/mol. The van der Waals surface area contributed by atoms with Crippen LogP contribution in [-0.2, 0) is 17.6 Å². The summed E-state index contributed by atoms with van der Waals surface area (Å²) >= 11 is 0. The number of benzene rings is 2. The molecule has 2 N–H and O–H groups in total. The average molecular weight is 324 g/mol. The molecule has 126 valence electrons. The van der Waals surface area contributed by atoms with Crippen LogP contribution in [0.3, 0.4) is 0 Å². The van der Waals surface area contributed by atoms with E-state index in [0.717, 1.165) is 18.5 Å². The summed E-state index contributed by atoms with van der Waals surface area (Å²) in [6.45, 7) is 5.91. The van der Waals surface area contributed by atoms with Crippen molar-refractivity contribution < 1.29 is 9.59 Å². The van der Waals surface area contributed by atoms with Gasteiger partial charge < -0.3 is 10.6 Å². The summed E-state index contributed by atoms with van der Waals surface area (Å²) in [4.78, 5) is 23.6. The highest BCUT2D eigenvalue weighted by molar-refractivity contribution is 5.98. The number of aryl methyl sites for hydroxylation is 2. The van der Waals surface area contributed by atoms with Crippen LogP contribution in [0.1, 0.15) is 42.3 Å². The molecule has 0 bridgehead atoms. The Labute approximate surface area is 143 Å². The molecule has 4 heteroatoms. The zero-order valence-corrected chi connectivity index (χ0v) is 14.5. The van der Waals surface area contributed by atoms with Crippen molar-refractivity contribution in [3.05, 3.63) is 59.2 Å². The van der Waals surface area contributed by atoms with Crippen LogP contribution in [0.5, 0.6) is 0 Å². The molecule has 0 saturated heterocycles. The number of carbonyl (C=O) groups excluding carboxylic acids is 2. The fourth-order valence-electron chi connectivity index (χ4n) is 2.66. The summed E-state index contributed by atoms with van der Waals surface area (Å²) in [5.41, 5.74) is 4.69. The van der Waals surface area contributed by atoms with E-state index in [2.05, 4.69) is 42.7 Å². The summed E-state index contributed by atoms with van der Waals surface area (Å²) in [6.07, 6.45) is 1.83. The second-order valence-corrected chi connectivity index (χ2v) is 5.70. The van der Waals surface area contributed by atoms with E-state index >= 15 is 0 Å². The third-order valence-corrected chi connectivity index (χ3v) is 3.98. The third-order valence-electron chi connectivity index (χ3n) is 3.98. The smallest absolute Gasteiger partial charge is 0.243 e. The highest BCUT2D eigenvalue weighted by Gasteiger charge is 2.09. The number of rotatable bonds is 7. The maximum Gasteiger partial charge on any atom is 0.243 e. The first-order chi connectivity index (χ1) is 11.5. The van der Waals surface area contributed by atoms with Gasteiger partial charge >= 0.3 is 0 Å². The number of carbonyl (C=O) groups is 2. The molecule has 0 aliphatic rings. The van der Waals surface area contributed by atoms with E-state index in [-0.39, 0.29) is 18.2 Å². The van der Waals surface area contributed by atoms with Crippen molar-refractivity contribution in [1.29, 1.82) is 0 Å². The highest BCUT2D eigenvalue weighted by atomic mass is 16.2. The summed E-state index contributed by atoms with van der Waals surface area (Å²) in [5.74, 6) is -0.155. The van der Waals surface area contributed by atoms with E-state index in [4.69, 9.17) is 0 Å². The number of anilines is 2. The van der Waals surface area contributed by atoms with Gasteiger partial charge in [0.25, 0.3) is 0 Å². The molecule has 1 amide bonds. The molecule has 0 aliphatic carbocycles. The van der Waals surface area contributed by atoms with Crippen molar-refractivity contribution >= 4 is 23.1 Å². The van der Waals surface area contributed by atoms with Gasteiger partial charge in [0.05, 0.1) is 6.54 Å². The SMILES string of the molecule is CCc1cccc(CC)c1NCC(=O)Nc1cccc(C(C)=O)c1. The van der Waals surface area contributed by atoms with Crippen molar-refractivity contribution in [2.75, 3.05) is 17.2 Å². The van der Waals surface area contributed by atoms with Gasteiger partial charge in [0.2, 0.25) is 5.91 Å². The molecular weight excluding hydrogens is 300 g/mol. The van der Waals surface area contributed by atoms with Crippen LogP contribution in [0.25, 0.3) is 0 Å². The number of nitrogens with one attached hydrogen (secondary N) is 2. The standard InChI is InChI=1S/C20H24N2O2/c1-4-15-8-6-9-16(5-2)20(15)21-13-19(24)22-18-11-7-10-17(12-18)14(3)23/h6-12,21H,4-5,13H2,1-3H3,(H,22,24). The van der Waals surface area contributed by atoms with Crippen LogP contribution < -0.4 is 10.6 Å². The van der Waals surface area contributed by atoms with Crippen LogP contribution >= 0.6 is 0 Å². The Morgan fingerprint density at radius 1 is 0.958 bits per heavy atom. The number of Topliss-reactive ketones (excluding diaryl/α,β-unsaturated/α-hetero) is 1. The fourth-order valence-corrected chi connectivity index (χ4v) is 2.66. The number of ketones is 1. The van der Waals surface area contributed by atoms with Crippen molar-refractivity contribution in [1.82, 2.24) is 0 Å². The Bertz CT molecular complexity index is 716. The number of amides is 1. The van der Waals surface area contributed by atoms with E-state index in [1.54, 1.807) is 24.3 Å². The van der Waals surface area contributed by atoms with Crippen molar-refractivity contribution in [2.24, 2.45) is 0 Å². The molecule has 24 heavy (non-hydrogen) atoms. The van der Waals surface area contributed by atoms with Crippen LogP contribution in [0.4, 0.5) is 11.4 Å². The largest absolute Gasteiger partial charge is 0.376 e. The van der Waals surface area contributed by atoms with Gasteiger partial charge in [-0.05, 0) is 43.0 Å². The van der Waals surface area contributed by atoms with E-state index in [9.17, 15) is 9.59 Å². The Kier molecular flexibility index (Phi) is 6.13. The van der Waals surface area contributed by atoms with Crippen LogP contribution in [-0.4, -0.2) is 18.2 Å². The lowest BCUT2D eigenvalue weighted by Gasteiger charge is -2.15. The quantitative estimate of drug-likeness (QED) is 0.755. The minimum atomic E-state index is -0.135. The molecule has 2 aromatic rings. The molecule has 2 rings (SSSR count). The summed E-state index contributed by atoms with van der Waals surface area (Å²) in [6, 6.07) is 13.2. The van der Waals surface area contributed by atoms with Crippen LogP contribution in [0, 0.1) is 0 Å². The second-order valence-electron chi connectivity index (χ2n) is 5.70. The zero-order valence-electron chi connectivity index (χ0n) is 14.5. The number of hydrogen-bond donors (Lipinski definition) is 2. The van der Waals surface area contributed by atoms with Gasteiger partial charge in [-0.1, -0.05) is 44.2 Å². The molecule has 0 radical (unpaired) electrons. The minimum Gasteiger partial charge on any atom is -0.376 e. The highest BCUT2D eigenvalue weighted by Crippen LogP contribution is 2.22. The Hall–Kier alpha value is -2.62. The molecule has 4 nitrogen and oxygen atoms in total. The van der Waals surface area contributed by atoms with Crippen LogP contribution in [0.2, 0.25) is 0 Å². The lowest BCUT2D eigenvalue weighted by Crippen LogP contribution is -2.22. The number of hydrogen-bond acceptors (Lipinski definition) is 3. The van der Waals surface area contributed by atoms with E-state index in [1.807, 2.05) is 0 Å². The Morgan fingerprint density at radius 2 is 1.58 bits per heavy atom. The van der Waals surface area contributed by atoms with Crippen molar-refractivity contribution in [2.45, 2.75) is 33.6 Å². The topological polar surface area (TPSA) is 58.2 Å². The Morgan fingerprint density at radius 3 is 2.17 bits per heavy atom. The van der Waals surface area contributed by atoms with Gasteiger partial charge in [-0.3, -0.25) is 9.59 Å². The first-order valence-electron chi connectivity index (χ1n) is 8.30. The normalized spacial score (nSPS) is 10.3. The molecule has 0 fully saturated rings. The van der Waals surface area contributed by atoms with E-state index in [0.29, 0.717) is 11.3 Å². The molecule has 0 aromatic heterocycles. The van der Waals surface area contributed by atoms with Gasteiger partial charge in [0.15, 0.2) is 5.78 Å². The van der Waals surface area contributed by atoms with Crippen molar-refractivity contribution in [3.8, 4) is 0 Å². The second kappa shape index (κ2) is 8.29. The third kappa shape index (κ3) is 4.44. The fraction of sp³-hybridized carbons (Fsp3) is 0.300. The lowest BCUT2D eigenvalue weighted by atomic mass is 10.0. The molecular formula is C20H24N2O2. The summed E-state index contributed by atoms with van der Waals surface area (Å²) in [7, 11) is 0. The van der Waals surface area contributed by atoms with Gasteiger partial charge in [-0.15, -0.1) is 0 Å².